The van der Waals surface area contributed by atoms with Gasteiger partial charge in [-0.3, -0.25) is 9.52 Å². The molecule has 0 heterocycles. The van der Waals surface area contributed by atoms with E-state index in [9.17, 15) is 18.3 Å². The highest BCUT2D eigenvalue weighted by molar-refractivity contribution is 7.92. The molecule has 3 rings (SSSR count). The molecule has 0 aromatic heterocycles. The van der Waals surface area contributed by atoms with E-state index in [1.54, 1.807) is 38.1 Å². The molecule has 2 N–H and O–H groups in total. The van der Waals surface area contributed by atoms with Crippen molar-refractivity contribution in [1.29, 1.82) is 0 Å². The zero-order chi connectivity index (χ0) is 21.2. The van der Waals surface area contributed by atoms with Gasteiger partial charge in [0.25, 0.3) is 10.0 Å². The third kappa shape index (κ3) is 4.78. The van der Waals surface area contributed by atoms with Crippen molar-refractivity contribution in [3.63, 3.8) is 0 Å². The molecule has 5 nitrogen and oxygen atoms in total. The van der Waals surface area contributed by atoms with Crippen LogP contribution in [-0.2, 0) is 21.2 Å². The summed E-state index contributed by atoms with van der Waals surface area (Å²) in [6.07, 6.45) is -0.300. The fraction of sp³-hybridized carbons (Fsp3) is 0.136. The van der Waals surface area contributed by atoms with Gasteiger partial charge in [-0.25, -0.2) is 8.42 Å². The van der Waals surface area contributed by atoms with Crippen LogP contribution in [0.15, 0.2) is 65.6 Å². The van der Waals surface area contributed by atoms with E-state index in [-0.39, 0.29) is 17.0 Å². The second kappa shape index (κ2) is 8.27. The molecule has 0 fully saturated rings. The Hall–Kier alpha value is -2.83. The van der Waals surface area contributed by atoms with Crippen molar-refractivity contribution < 1.29 is 18.3 Å². The largest absolute Gasteiger partial charge is 0.481 e. The Morgan fingerprint density at radius 2 is 1.66 bits per heavy atom. The van der Waals surface area contributed by atoms with Gasteiger partial charge >= 0.3 is 5.97 Å². The molecule has 3 aromatic carbocycles. The number of rotatable bonds is 6. The number of aliphatic carboxylic acids is 1. The molecule has 0 bridgehead atoms. The number of hydrogen-bond acceptors (Lipinski definition) is 3. The fourth-order valence-corrected chi connectivity index (χ4v) is 4.66. The summed E-state index contributed by atoms with van der Waals surface area (Å²) in [4.78, 5) is 11.4. The van der Waals surface area contributed by atoms with Gasteiger partial charge in [0.15, 0.2) is 0 Å². The van der Waals surface area contributed by atoms with Crippen molar-refractivity contribution in [2.45, 2.75) is 25.2 Å². The molecule has 7 heteroatoms. The quantitative estimate of drug-likeness (QED) is 0.574. The Morgan fingerprint density at radius 3 is 2.31 bits per heavy atom. The molecule has 0 atom stereocenters. The third-order valence-corrected chi connectivity index (χ3v) is 6.46. The first kappa shape index (κ1) is 20.9. The second-order valence-electron chi connectivity index (χ2n) is 6.78. The lowest BCUT2D eigenvalue weighted by Gasteiger charge is -2.16. The number of benzene rings is 3. The number of nitrogens with one attached hydrogen (secondary N) is 1. The van der Waals surface area contributed by atoms with E-state index in [1.165, 1.54) is 6.07 Å². The highest BCUT2D eigenvalue weighted by Crippen LogP contribution is 2.30. The van der Waals surface area contributed by atoms with Gasteiger partial charge < -0.3 is 5.11 Å². The molecule has 0 unspecified atom stereocenters. The lowest BCUT2D eigenvalue weighted by Crippen LogP contribution is -2.16. The third-order valence-electron chi connectivity index (χ3n) is 4.55. The molecule has 3 aromatic rings. The number of carboxylic acids is 1. The normalized spacial score (nSPS) is 11.3. The standard InChI is InChI=1S/C22H20ClNO4S/c1-14-11-21(15(2)10-19(14)23)29(27,28)24-20-12-17(16-6-4-3-5-7-16)8-9-18(20)13-22(25)26/h3-12,24H,13H2,1-2H3,(H,25,26). The zero-order valence-electron chi connectivity index (χ0n) is 15.9. The van der Waals surface area contributed by atoms with Gasteiger partial charge in [0.2, 0.25) is 0 Å². The maximum Gasteiger partial charge on any atom is 0.307 e. The Balaban J connectivity index is 2.08. The van der Waals surface area contributed by atoms with Crippen molar-refractivity contribution in [3.05, 3.63) is 82.4 Å². The molecule has 0 saturated carbocycles. The van der Waals surface area contributed by atoms with Crippen LogP contribution in [0, 0.1) is 13.8 Å². The topological polar surface area (TPSA) is 83.5 Å². The maximum absolute atomic E-state index is 13.1. The van der Waals surface area contributed by atoms with Crippen LogP contribution in [0.4, 0.5) is 5.69 Å². The first-order chi connectivity index (χ1) is 13.7. The average Bonchev–Trinajstić information content (AvgIpc) is 2.66. The van der Waals surface area contributed by atoms with E-state index >= 15 is 0 Å². The molecule has 0 aliphatic heterocycles. The Bertz CT molecular complexity index is 1170. The number of aryl methyl sites for hydroxylation is 2. The van der Waals surface area contributed by atoms with Crippen LogP contribution in [0.1, 0.15) is 16.7 Å². The maximum atomic E-state index is 13.1. The summed E-state index contributed by atoms with van der Waals surface area (Å²) in [5.74, 6) is -1.04. The van der Waals surface area contributed by atoms with Gasteiger partial charge in [-0.05, 0) is 59.9 Å². The molecular weight excluding hydrogens is 410 g/mol. The molecule has 29 heavy (non-hydrogen) atoms. The summed E-state index contributed by atoms with van der Waals surface area (Å²) in [6, 6.07) is 17.6. The minimum Gasteiger partial charge on any atom is -0.481 e. The molecule has 150 valence electrons. The summed E-state index contributed by atoms with van der Waals surface area (Å²) in [7, 11) is -3.94. The van der Waals surface area contributed by atoms with Gasteiger partial charge in [-0.2, -0.15) is 0 Å². The van der Waals surface area contributed by atoms with Crippen molar-refractivity contribution in [1.82, 2.24) is 0 Å². The van der Waals surface area contributed by atoms with E-state index in [0.717, 1.165) is 11.1 Å². The molecule has 0 spiro atoms. The monoisotopic (exact) mass is 429 g/mol. The van der Waals surface area contributed by atoms with Gasteiger partial charge in [-0.15, -0.1) is 0 Å². The average molecular weight is 430 g/mol. The van der Waals surface area contributed by atoms with Crippen LogP contribution in [0.3, 0.4) is 0 Å². The summed E-state index contributed by atoms with van der Waals surface area (Å²) >= 11 is 6.09. The first-order valence-corrected chi connectivity index (χ1v) is 10.7. The number of carbonyl (C=O) groups is 1. The van der Waals surface area contributed by atoms with Crippen LogP contribution < -0.4 is 4.72 Å². The van der Waals surface area contributed by atoms with E-state index < -0.39 is 16.0 Å². The number of sulfonamides is 1. The summed E-state index contributed by atoms with van der Waals surface area (Å²) < 4.78 is 28.7. The Kier molecular flexibility index (Phi) is 5.96. The molecule has 0 aliphatic carbocycles. The van der Waals surface area contributed by atoms with Crippen LogP contribution in [0.5, 0.6) is 0 Å². The van der Waals surface area contributed by atoms with Crippen LogP contribution in [0.25, 0.3) is 11.1 Å². The smallest absolute Gasteiger partial charge is 0.307 e. The SMILES string of the molecule is Cc1cc(S(=O)(=O)Nc2cc(-c3ccccc3)ccc2CC(=O)O)c(C)cc1Cl. The minimum atomic E-state index is -3.94. The highest BCUT2D eigenvalue weighted by Gasteiger charge is 2.21. The van der Waals surface area contributed by atoms with E-state index in [2.05, 4.69) is 4.72 Å². The minimum absolute atomic E-state index is 0.103. The van der Waals surface area contributed by atoms with Gasteiger partial charge in [-0.1, -0.05) is 54.1 Å². The van der Waals surface area contributed by atoms with E-state index in [4.69, 9.17) is 11.6 Å². The predicted molar refractivity (Wildman–Crippen MR) is 115 cm³/mol. The first-order valence-electron chi connectivity index (χ1n) is 8.87. The molecule has 0 saturated heterocycles. The van der Waals surface area contributed by atoms with Crippen LogP contribution in [0.2, 0.25) is 5.02 Å². The summed E-state index contributed by atoms with van der Waals surface area (Å²) in [5, 5.41) is 9.70. The zero-order valence-corrected chi connectivity index (χ0v) is 17.5. The van der Waals surface area contributed by atoms with Crippen molar-refractivity contribution in [3.8, 4) is 11.1 Å². The Morgan fingerprint density at radius 1 is 0.966 bits per heavy atom. The number of halogens is 1. The lowest BCUT2D eigenvalue weighted by atomic mass is 10.0. The van der Waals surface area contributed by atoms with Gasteiger partial charge in [0.1, 0.15) is 0 Å². The van der Waals surface area contributed by atoms with E-state index in [0.29, 0.717) is 21.7 Å². The summed E-state index contributed by atoms with van der Waals surface area (Å²) in [6.45, 7) is 3.39. The lowest BCUT2D eigenvalue weighted by molar-refractivity contribution is -0.136. The molecule has 0 radical (unpaired) electrons. The highest BCUT2D eigenvalue weighted by atomic mass is 35.5. The molecular formula is C22H20ClNO4S. The fourth-order valence-electron chi connectivity index (χ4n) is 3.04. The molecule has 0 amide bonds. The van der Waals surface area contributed by atoms with Crippen molar-refractivity contribution in [2.24, 2.45) is 0 Å². The van der Waals surface area contributed by atoms with Gasteiger partial charge in [0, 0.05) is 5.02 Å². The number of anilines is 1. The number of hydrogen-bond donors (Lipinski definition) is 2. The summed E-state index contributed by atoms with van der Waals surface area (Å²) in [5.41, 5.74) is 3.44. The molecule has 0 aliphatic rings. The van der Waals surface area contributed by atoms with Crippen molar-refractivity contribution >= 4 is 33.3 Å². The van der Waals surface area contributed by atoms with Crippen molar-refractivity contribution in [2.75, 3.05) is 4.72 Å². The van der Waals surface area contributed by atoms with Gasteiger partial charge in [0.05, 0.1) is 17.0 Å². The number of carboxylic acid groups (broad SMARTS) is 1. The van der Waals surface area contributed by atoms with Crippen LogP contribution >= 0.6 is 11.6 Å². The predicted octanol–water partition coefficient (Wildman–Crippen LogP) is 5.05. The second-order valence-corrected chi connectivity index (χ2v) is 8.84. The van der Waals surface area contributed by atoms with E-state index in [1.807, 2.05) is 30.3 Å². The van der Waals surface area contributed by atoms with Crippen LogP contribution in [-0.4, -0.2) is 19.5 Å². The Labute approximate surface area is 175 Å².